The van der Waals surface area contributed by atoms with Crippen LogP contribution in [0, 0.1) is 0 Å². The van der Waals surface area contributed by atoms with Gasteiger partial charge in [0.25, 0.3) is 0 Å². The number of aromatic nitrogens is 2. The fourth-order valence-electron chi connectivity index (χ4n) is 1.36. The van der Waals surface area contributed by atoms with Crippen LogP contribution < -0.4 is 0 Å². The molecule has 0 aliphatic rings. The van der Waals surface area contributed by atoms with Crippen molar-refractivity contribution in [3.8, 4) is 11.3 Å². The van der Waals surface area contributed by atoms with Gasteiger partial charge < -0.3 is 4.74 Å². The van der Waals surface area contributed by atoms with E-state index in [1.165, 1.54) is 7.11 Å². The summed E-state index contributed by atoms with van der Waals surface area (Å²) in [5.74, 6) is -0.470. The van der Waals surface area contributed by atoms with Crippen molar-refractivity contribution in [1.29, 1.82) is 0 Å². The lowest BCUT2D eigenvalue weighted by molar-refractivity contribution is 0.0593. The zero-order valence-electron chi connectivity index (χ0n) is 9.05. The molecular formula is C12H9BrN2O2. The molecule has 0 fully saturated rings. The number of nitrogens with zero attached hydrogens (tertiary/aromatic N) is 2. The third kappa shape index (κ3) is 2.50. The number of halogens is 1. The minimum atomic E-state index is -0.470. The third-order valence-corrected chi connectivity index (χ3v) is 2.82. The van der Waals surface area contributed by atoms with E-state index in [-0.39, 0.29) is 5.69 Å². The number of carbonyl (C=O) groups is 1. The van der Waals surface area contributed by atoms with Gasteiger partial charge in [0, 0.05) is 18.0 Å². The first kappa shape index (κ1) is 11.7. The van der Waals surface area contributed by atoms with Gasteiger partial charge in [0.2, 0.25) is 0 Å². The van der Waals surface area contributed by atoms with Gasteiger partial charge in [-0.15, -0.1) is 0 Å². The zero-order valence-corrected chi connectivity index (χ0v) is 10.6. The molecular weight excluding hydrogens is 284 g/mol. The van der Waals surface area contributed by atoms with Crippen molar-refractivity contribution in [3.05, 3.63) is 46.8 Å². The Hall–Kier alpha value is -1.75. The summed E-state index contributed by atoms with van der Waals surface area (Å²) >= 11 is 3.27. The molecule has 4 nitrogen and oxygen atoms in total. The molecule has 0 amide bonds. The highest BCUT2D eigenvalue weighted by atomic mass is 79.9. The van der Waals surface area contributed by atoms with Gasteiger partial charge in [0.05, 0.1) is 17.3 Å². The minimum absolute atomic E-state index is 0.258. The fraction of sp³-hybridized carbons (Fsp3) is 0.0833. The van der Waals surface area contributed by atoms with Crippen molar-refractivity contribution in [3.63, 3.8) is 0 Å². The van der Waals surface area contributed by atoms with Crippen LogP contribution in [0.5, 0.6) is 0 Å². The largest absolute Gasteiger partial charge is 0.464 e. The molecule has 0 atom stereocenters. The van der Waals surface area contributed by atoms with E-state index in [1.54, 1.807) is 18.5 Å². The lowest BCUT2D eigenvalue weighted by Crippen LogP contribution is -2.06. The molecule has 2 aromatic heterocycles. The second kappa shape index (κ2) is 5.05. The second-order valence-electron chi connectivity index (χ2n) is 3.26. The van der Waals surface area contributed by atoms with Crippen LogP contribution in [0.1, 0.15) is 10.5 Å². The Morgan fingerprint density at radius 1 is 1.35 bits per heavy atom. The first-order chi connectivity index (χ1) is 8.22. The Morgan fingerprint density at radius 3 is 2.82 bits per heavy atom. The van der Waals surface area contributed by atoms with Gasteiger partial charge in [-0.05, 0) is 40.2 Å². The van der Waals surface area contributed by atoms with Crippen molar-refractivity contribution >= 4 is 21.9 Å². The summed E-state index contributed by atoms with van der Waals surface area (Å²) < 4.78 is 5.27. The average Bonchev–Trinajstić information content (AvgIpc) is 2.39. The molecule has 0 aliphatic carbocycles. The Balaban J connectivity index is 2.48. The highest BCUT2D eigenvalue weighted by molar-refractivity contribution is 9.10. The maximum Gasteiger partial charge on any atom is 0.357 e. The maximum absolute atomic E-state index is 11.5. The Labute approximate surface area is 107 Å². The zero-order chi connectivity index (χ0) is 12.3. The monoisotopic (exact) mass is 292 g/mol. The number of carbonyl (C=O) groups excluding carboxylic acids is 1. The molecule has 86 valence electrons. The number of rotatable bonds is 2. The smallest absolute Gasteiger partial charge is 0.357 e. The SMILES string of the molecule is COC(=O)c1nc(-c2cccnc2)ccc1Br. The van der Waals surface area contributed by atoms with Crippen molar-refractivity contribution in [1.82, 2.24) is 9.97 Å². The summed E-state index contributed by atoms with van der Waals surface area (Å²) in [6, 6.07) is 7.27. The number of esters is 1. The van der Waals surface area contributed by atoms with E-state index in [0.29, 0.717) is 10.2 Å². The molecule has 0 aromatic carbocycles. The summed E-state index contributed by atoms with van der Waals surface area (Å²) in [4.78, 5) is 19.7. The number of ether oxygens (including phenoxy) is 1. The van der Waals surface area contributed by atoms with Crippen molar-refractivity contribution in [2.45, 2.75) is 0 Å². The summed E-state index contributed by atoms with van der Waals surface area (Å²) in [5, 5.41) is 0. The maximum atomic E-state index is 11.5. The van der Waals surface area contributed by atoms with Gasteiger partial charge in [-0.1, -0.05) is 0 Å². The van der Waals surface area contributed by atoms with E-state index in [9.17, 15) is 4.79 Å². The summed E-state index contributed by atoms with van der Waals surface area (Å²) in [7, 11) is 1.33. The molecule has 0 spiro atoms. The first-order valence-electron chi connectivity index (χ1n) is 4.87. The molecule has 0 unspecified atom stereocenters. The minimum Gasteiger partial charge on any atom is -0.464 e. The molecule has 0 saturated heterocycles. The summed E-state index contributed by atoms with van der Waals surface area (Å²) in [6.07, 6.45) is 3.38. The number of pyridine rings is 2. The molecule has 0 N–H and O–H groups in total. The van der Waals surface area contributed by atoms with E-state index in [0.717, 1.165) is 5.56 Å². The molecule has 0 saturated carbocycles. The highest BCUT2D eigenvalue weighted by Crippen LogP contribution is 2.21. The van der Waals surface area contributed by atoms with Gasteiger partial charge in [0.1, 0.15) is 0 Å². The van der Waals surface area contributed by atoms with E-state index in [1.807, 2.05) is 18.2 Å². The fourth-order valence-corrected chi connectivity index (χ4v) is 1.74. The average molecular weight is 293 g/mol. The molecule has 2 rings (SSSR count). The Kier molecular flexibility index (Phi) is 3.49. The van der Waals surface area contributed by atoms with Crippen LogP contribution in [0.15, 0.2) is 41.1 Å². The predicted molar refractivity (Wildman–Crippen MR) is 66.5 cm³/mol. The van der Waals surface area contributed by atoms with E-state index >= 15 is 0 Å². The topological polar surface area (TPSA) is 52.1 Å². The Morgan fingerprint density at radius 2 is 2.18 bits per heavy atom. The number of hydrogen-bond acceptors (Lipinski definition) is 4. The van der Waals surface area contributed by atoms with Crippen LogP contribution in [0.3, 0.4) is 0 Å². The van der Waals surface area contributed by atoms with Crippen molar-refractivity contribution < 1.29 is 9.53 Å². The lowest BCUT2D eigenvalue weighted by atomic mass is 10.2. The normalized spacial score (nSPS) is 10.0. The van der Waals surface area contributed by atoms with E-state index in [4.69, 9.17) is 0 Å². The van der Waals surface area contributed by atoms with Crippen LogP contribution in [0.2, 0.25) is 0 Å². The lowest BCUT2D eigenvalue weighted by Gasteiger charge is -2.05. The van der Waals surface area contributed by atoms with Crippen molar-refractivity contribution in [2.75, 3.05) is 7.11 Å². The van der Waals surface area contributed by atoms with Crippen molar-refractivity contribution in [2.24, 2.45) is 0 Å². The molecule has 2 heterocycles. The van der Waals surface area contributed by atoms with E-state index in [2.05, 4.69) is 30.6 Å². The first-order valence-corrected chi connectivity index (χ1v) is 5.67. The number of hydrogen-bond donors (Lipinski definition) is 0. The molecule has 0 radical (unpaired) electrons. The molecule has 2 aromatic rings. The van der Waals surface area contributed by atoms with Gasteiger partial charge >= 0.3 is 5.97 Å². The predicted octanol–water partition coefficient (Wildman–Crippen LogP) is 2.69. The van der Waals surface area contributed by atoms with Gasteiger partial charge in [-0.25, -0.2) is 9.78 Å². The van der Waals surface area contributed by atoms with Crippen LogP contribution in [0.4, 0.5) is 0 Å². The van der Waals surface area contributed by atoms with Gasteiger partial charge in [-0.3, -0.25) is 4.98 Å². The van der Waals surface area contributed by atoms with Crippen LogP contribution in [-0.4, -0.2) is 23.0 Å². The van der Waals surface area contributed by atoms with E-state index < -0.39 is 5.97 Å². The molecule has 17 heavy (non-hydrogen) atoms. The van der Waals surface area contributed by atoms with Gasteiger partial charge in [-0.2, -0.15) is 0 Å². The standard InChI is InChI=1S/C12H9BrN2O2/c1-17-12(16)11-9(13)4-5-10(15-11)8-3-2-6-14-7-8/h2-7H,1H3. The van der Waals surface area contributed by atoms with Crippen LogP contribution in [-0.2, 0) is 4.74 Å². The highest BCUT2D eigenvalue weighted by Gasteiger charge is 2.13. The third-order valence-electron chi connectivity index (χ3n) is 2.18. The Bertz CT molecular complexity index is 543. The second-order valence-corrected chi connectivity index (χ2v) is 4.11. The van der Waals surface area contributed by atoms with Gasteiger partial charge in [0.15, 0.2) is 5.69 Å². The molecule has 0 aliphatic heterocycles. The quantitative estimate of drug-likeness (QED) is 0.799. The summed E-state index contributed by atoms with van der Waals surface area (Å²) in [6.45, 7) is 0. The summed E-state index contributed by atoms with van der Waals surface area (Å²) in [5.41, 5.74) is 1.79. The van der Waals surface area contributed by atoms with Crippen LogP contribution in [0.25, 0.3) is 11.3 Å². The number of methoxy groups -OCH3 is 1. The molecule has 0 bridgehead atoms. The molecule has 5 heteroatoms. The van der Waals surface area contributed by atoms with Crippen LogP contribution >= 0.6 is 15.9 Å².